The van der Waals surface area contributed by atoms with E-state index >= 15 is 0 Å². The maximum Gasteiger partial charge on any atom is 0.416 e. The molecule has 0 radical (unpaired) electrons. The van der Waals surface area contributed by atoms with Gasteiger partial charge in [-0.05, 0) is 62.7 Å². The number of rotatable bonds is 8. The minimum Gasteiger partial charge on any atom is -0.488 e. The summed E-state index contributed by atoms with van der Waals surface area (Å²) in [6.07, 6.45) is 0.211. The first-order valence-corrected chi connectivity index (χ1v) is 14.3. The van der Waals surface area contributed by atoms with Crippen LogP contribution >= 0.6 is 0 Å². The molecule has 2 aliphatic rings. The second kappa shape index (κ2) is 13.2. The number of aliphatic hydroxyl groups is 1. The fourth-order valence-electron chi connectivity index (χ4n) is 5.61. The Kier molecular flexibility index (Phi) is 9.96. The van der Waals surface area contributed by atoms with Gasteiger partial charge in [-0.25, -0.2) is 0 Å². The third-order valence-electron chi connectivity index (χ3n) is 8.13. The summed E-state index contributed by atoms with van der Waals surface area (Å²) in [5, 5.41) is 12.9. The van der Waals surface area contributed by atoms with Crippen LogP contribution in [0.1, 0.15) is 67.4 Å². The molecule has 0 bridgehead atoms. The van der Waals surface area contributed by atoms with Gasteiger partial charge in [0, 0.05) is 37.2 Å². The van der Waals surface area contributed by atoms with Crippen LogP contribution in [-0.4, -0.2) is 65.6 Å². The summed E-state index contributed by atoms with van der Waals surface area (Å²) in [6.45, 7) is 4.78. The summed E-state index contributed by atoms with van der Waals surface area (Å²) >= 11 is 0. The van der Waals surface area contributed by atoms with Gasteiger partial charge in [0.25, 0.3) is 5.91 Å². The molecule has 0 saturated heterocycles. The standard InChI is InChI=1S/C31H40F3N3O4/c1-20-16-37(21(2)19-38)30(40)26-15-25(35-29(39)23-7-5-4-6-8-23)13-14-27(26)41-28(20)18-36(3)17-22-9-11-24(12-10-22)31(32,33)34/h9-15,20-21,23,28,38H,4-8,16-19H2,1-3H3,(H,35,39)/t20-,21-,28-/m1/s1. The molecule has 10 heteroatoms. The fourth-order valence-corrected chi connectivity index (χ4v) is 5.61. The Morgan fingerprint density at radius 1 is 1.15 bits per heavy atom. The maximum absolute atomic E-state index is 13.7. The Hall–Kier alpha value is -3.11. The van der Waals surface area contributed by atoms with Gasteiger partial charge in [0.2, 0.25) is 5.91 Å². The zero-order valence-corrected chi connectivity index (χ0v) is 23.9. The van der Waals surface area contributed by atoms with E-state index in [4.69, 9.17) is 4.74 Å². The van der Waals surface area contributed by atoms with Crippen molar-refractivity contribution in [3.05, 3.63) is 59.2 Å². The number of anilines is 1. The molecular formula is C31H40F3N3O4. The molecule has 0 aromatic heterocycles. The van der Waals surface area contributed by atoms with E-state index in [-0.39, 0.29) is 36.4 Å². The van der Waals surface area contributed by atoms with E-state index in [1.165, 1.54) is 12.1 Å². The zero-order chi connectivity index (χ0) is 29.7. The van der Waals surface area contributed by atoms with Crippen molar-refractivity contribution in [2.75, 3.05) is 32.1 Å². The lowest BCUT2D eigenvalue weighted by atomic mass is 9.88. The smallest absolute Gasteiger partial charge is 0.416 e. The second-order valence-corrected chi connectivity index (χ2v) is 11.5. The van der Waals surface area contributed by atoms with Crippen molar-refractivity contribution in [1.29, 1.82) is 0 Å². The van der Waals surface area contributed by atoms with Crippen LogP contribution in [0.15, 0.2) is 42.5 Å². The van der Waals surface area contributed by atoms with Crippen molar-refractivity contribution >= 4 is 17.5 Å². The van der Waals surface area contributed by atoms with E-state index in [1.807, 2.05) is 18.9 Å². The van der Waals surface area contributed by atoms with Crippen LogP contribution < -0.4 is 10.1 Å². The van der Waals surface area contributed by atoms with Crippen molar-refractivity contribution in [3.63, 3.8) is 0 Å². The number of nitrogens with zero attached hydrogens (tertiary/aromatic N) is 2. The first kappa shape index (κ1) is 30.8. The lowest BCUT2D eigenvalue weighted by molar-refractivity contribution is -0.137. The van der Waals surface area contributed by atoms with Gasteiger partial charge >= 0.3 is 6.18 Å². The second-order valence-electron chi connectivity index (χ2n) is 11.5. The molecule has 2 amide bonds. The van der Waals surface area contributed by atoms with Crippen LogP contribution in [0, 0.1) is 11.8 Å². The number of amides is 2. The van der Waals surface area contributed by atoms with Crippen LogP contribution in [0.5, 0.6) is 5.75 Å². The Bertz CT molecular complexity index is 1200. The average Bonchev–Trinajstić information content (AvgIpc) is 2.95. The predicted molar refractivity (Wildman–Crippen MR) is 151 cm³/mol. The molecule has 4 rings (SSSR count). The molecule has 1 aliphatic carbocycles. The number of fused-ring (bicyclic) bond motifs is 1. The molecule has 0 spiro atoms. The van der Waals surface area contributed by atoms with E-state index < -0.39 is 17.8 Å². The van der Waals surface area contributed by atoms with E-state index in [1.54, 1.807) is 30.0 Å². The van der Waals surface area contributed by atoms with E-state index in [0.29, 0.717) is 36.6 Å². The van der Waals surface area contributed by atoms with Crippen LogP contribution in [0.2, 0.25) is 0 Å². The number of benzene rings is 2. The van der Waals surface area contributed by atoms with Crippen molar-refractivity contribution in [3.8, 4) is 5.75 Å². The van der Waals surface area contributed by atoms with Gasteiger partial charge in [0.1, 0.15) is 11.9 Å². The first-order valence-electron chi connectivity index (χ1n) is 14.3. The van der Waals surface area contributed by atoms with E-state index in [2.05, 4.69) is 5.32 Å². The van der Waals surface area contributed by atoms with Crippen molar-refractivity contribution in [1.82, 2.24) is 9.80 Å². The number of carbonyl (C=O) groups excluding carboxylic acids is 2. The Balaban J connectivity index is 1.53. The largest absolute Gasteiger partial charge is 0.488 e. The third-order valence-corrected chi connectivity index (χ3v) is 8.13. The third kappa shape index (κ3) is 7.80. The molecule has 1 aliphatic heterocycles. The lowest BCUT2D eigenvalue weighted by Crippen LogP contribution is -2.49. The van der Waals surface area contributed by atoms with E-state index in [9.17, 15) is 27.9 Å². The number of nitrogens with one attached hydrogen (secondary N) is 1. The van der Waals surface area contributed by atoms with Crippen LogP contribution in [0.25, 0.3) is 0 Å². The van der Waals surface area contributed by atoms with Crippen molar-refractivity contribution in [2.24, 2.45) is 11.8 Å². The highest BCUT2D eigenvalue weighted by Gasteiger charge is 2.34. The average molecular weight is 576 g/mol. The van der Waals surface area contributed by atoms with Gasteiger partial charge in [0.15, 0.2) is 0 Å². The normalized spacial score (nSPS) is 21.1. The van der Waals surface area contributed by atoms with Gasteiger partial charge in [-0.2, -0.15) is 13.2 Å². The molecule has 2 N–H and O–H groups in total. The van der Waals surface area contributed by atoms with Crippen molar-refractivity contribution < 1.29 is 32.6 Å². The fraction of sp³-hybridized carbons (Fsp3) is 0.548. The summed E-state index contributed by atoms with van der Waals surface area (Å²) in [5.74, 6) is -0.0734. The van der Waals surface area contributed by atoms with Gasteiger partial charge in [0.05, 0.1) is 23.8 Å². The quantitative estimate of drug-likeness (QED) is 0.430. The highest BCUT2D eigenvalue weighted by molar-refractivity contribution is 6.00. The van der Waals surface area contributed by atoms with Gasteiger partial charge in [-0.15, -0.1) is 0 Å². The molecule has 2 aromatic rings. The number of alkyl halides is 3. The Labute approximate surface area is 239 Å². The van der Waals surface area contributed by atoms with Gasteiger partial charge in [-0.3, -0.25) is 14.5 Å². The summed E-state index contributed by atoms with van der Waals surface area (Å²) < 4.78 is 45.3. The molecule has 1 saturated carbocycles. The molecule has 41 heavy (non-hydrogen) atoms. The molecule has 2 aromatic carbocycles. The Morgan fingerprint density at radius 3 is 2.46 bits per heavy atom. The number of hydrogen-bond acceptors (Lipinski definition) is 5. The summed E-state index contributed by atoms with van der Waals surface area (Å²) in [7, 11) is 1.87. The molecular weight excluding hydrogens is 535 g/mol. The topological polar surface area (TPSA) is 82.1 Å². The van der Waals surface area contributed by atoms with Crippen LogP contribution in [-0.2, 0) is 17.5 Å². The predicted octanol–water partition coefficient (Wildman–Crippen LogP) is 5.58. The molecule has 1 heterocycles. The number of likely N-dealkylation sites (N-methyl/N-ethyl adjacent to an activating group) is 1. The van der Waals surface area contributed by atoms with Gasteiger partial charge < -0.3 is 20.1 Å². The van der Waals surface area contributed by atoms with Crippen LogP contribution in [0.3, 0.4) is 0 Å². The molecule has 224 valence electrons. The highest BCUT2D eigenvalue weighted by Crippen LogP contribution is 2.32. The minimum atomic E-state index is -4.38. The molecule has 7 nitrogen and oxygen atoms in total. The summed E-state index contributed by atoms with van der Waals surface area (Å²) in [6, 6.07) is 9.77. The summed E-state index contributed by atoms with van der Waals surface area (Å²) in [5.41, 5.74) is 0.893. The maximum atomic E-state index is 13.7. The van der Waals surface area contributed by atoms with Crippen LogP contribution in [0.4, 0.5) is 18.9 Å². The monoisotopic (exact) mass is 575 g/mol. The van der Waals surface area contributed by atoms with E-state index in [0.717, 1.165) is 49.8 Å². The number of carbonyl (C=O) groups is 2. The number of hydrogen-bond donors (Lipinski definition) is 2. The summed E-state index contributed by atoms with van der Waals surface area (Å²) in [4.78, 5) is 30.2. The number of halogens is 3. The number of aliphatic hydroxyl groups excluding tert-OH is 1. The first-order chi connectivity index (χ1) is 19.5. The lowest BCUT2D eigenvalue weighted by Gasteiger charge is -2.38. The molecule has 3 atom stereocenters. The SMILES string of the molecule is C[C@@H]1CN([C@H](C)CO)C(=O)c2cc(NC(=O)C3CCCCC3)ccc2O[C@@H]1CN(C)Cc1ccc(C(F)(F)F)cc1. The highest BCUT2D eigenvalue weighted by atomic mass is 19.4. The molecule has 1 fully saturated rings. The zero-order valence-electron chi connectivity index (χ0n) is 23.9. The van der Waals surface area contributed by atoms with Crippen molar-refractivity contribution in [2.45, 2.75) is 70.8 Å². The minimum absolute atomic E-state index is 0.0333. The number of ether oxygens (including phenoxy) is 1. The molecule has 0 unspecified atom stereocenters. The Morgan fingerprint density at radius 2 is 1.83 bits per heavy atom. The van der Waals surface area contributed by atoms with Gasteiger partial charge in [-0.1, -0.05) is 38.3 Å².